The summed E-state index contributed by atoms with van der Waals surface area (Å²) < 4.78 is 7.35. The molecule has 0 unspecified atom stereocenters. The fourth-order valence-corrected chi connectivity index (χ4v) is 3.85. The molecule has 2 amide bonds. The first kappa shape index (κ1) is 22.8. The van der Waals surface area contributed by atoms with Crippen LogP contribution in [0.15, 0.2) is 79.0 Å². The molecule has 0 atom stereocenters. The van der Waals surface area contributed by atoms with Crippen molar-refractivity contribution in [2.45, 2.75) is 20.4 Å². The summed E-state index contributed by atoms with van der Waals surface area (Å²) in [6.07, 6.45) is 1.68. The number of ether oxygens (including phenoxy) is 1. The Hall–Kier alpha value is -4.39. The number of anilines is 1. The van der Waals surface area contributed by atoms with Gasteiger partial charge in [-0.3, -0.25) is 14.6 Å². The highest BCUT2D eigenvalue weighted by molar-refractivity contribution is 6.06. The van der Waals surface area contributed by atoms with Crippen LogP contribution in [0.4, 0.5) is 5.69 Å². The topological polar surface area (TPSA) is 85.2 Å². The number of nitrogens with zero attached hydrogens (tertiary/aromatic N) is 2. The van der Waals surface area contributed by atoms with E-state index in [1.54, 1.807) is 37.6 Å². The second-order valence-corrected chi connectivity index (χ2v) is 7.86. The van der Waals surface area contributed by atoms with Gasteiger partial charge in [-0.05, 0) is 62.4 Å². The summed E-state index contributed by atoms with van der Waals surface area (Å²) in [5.41, 5.74) is 4.99. The van der Waals surface area contributed by atoms with Crippen LogP contribution in [0.3, 0.4) is 0 Å². The Labute approximate surface area is 198 Å². The number of hydrogen-bond donors (Lipinski definition) is 2. The zero-order valence-corrected chi connectivity index (χ0v) is 19.3. The van der Waals surface area contributed by atoms with Crippen molar-refractivity contribution in [3.8, 4) is 11.4 Å². The van der Waals surface area contributed by atoms with Crippen molar-refractivity contribution in [1.82, 2.24) is 14.9 Å². The molecule has 0 aliphatic carbocycles. The predicted octanol–water partition coefficient (Wildman–Crippen LogP) is 4.68. The molecule has 4 rings (SSSR count). The minimum absolute atomic E-state index is 0.238. The molecule has 0 bridgehead atoms. The molecule has 0 radical (unpaired) electrons. The number of pyridine rings is 1. The number of nitrogens with one attached hydrogen (secondary N) is 2. The zero-order chi connectivity index (χ0) is 24.1. The lowest BCUT2D eigenvalue weighted by atomic mass is 10.1. The van der Waals surface area contributed by atoms with Crippen molar-refractivity contribution < 1.29 is 14.3 Å². The molecule has 2 aromatic carbocycles. The van der Waals surface area contributed by atoms with Gasteiger partial charge < -0.3 is 19.9 Å². The lowest BCUT2D eigenvalue weighted by Crippen LogP contribution is -2.23. The van der Waals surface area contributed by atoms with Crippen molar-refractivity contribution in [2.24, 2.45) is 0 Å². The van der Waals surface area contributed by atoms with Gasteiger partial charge in [0.2, 0.25) is 0 Å². The molecule has 0 fully saturated rings. The van der Waals surface area contributed by atoms with Gasteiger partial charge in [-0.15, -0.1) is 0 Å². The Morgan fingerprint density at radius 2 is 1.76 bits per heavy atom. The Balaban J connectivity index is 1.49. The first-order chi connectivity index (χ1) is 16.5. The van der Waals surface area contributed by atoms with Crippen molar-refractivity contribution >= 4 is 17.5 Å². The molecule has 0 spiro atoms. The summed E-state index contributed by atoms with van der Waals surface area (Å²) in [4.78, 5) is 29.9. The lowest BCUT2D eigenvalue weighted by Gasteiger charge is -2.12. The van der Waals surface area contributed by atoms with Gasteiger partial charge in [0.05, 0.1) is 24.9 Å². The number of hydrogen-bond acceptors (Lipinski definition) is 4. The minimum atomic E-state index is -0.242. The van der Waals surface area contributed by atoms with E-state index >= 15 is 0 Å². The Kier molecular flexibility index (Phi) is 6.73. The first-order valence-corrected chi connectivity index (χ1v) is 10.9. The van der Waals surface area contributed by atoms with Crippen molar-refractivity contribution in [1.29, 1.82) is 0 Å². The molecule has 0 aliphatic rings. The average Bonchev–Trinajstić information content (AvgIpc) is 3.17. The lowest BCUT2D eigenvalue weighted by molar-refractivity contribution is 0.0949. The van der Waals surface area contributed by atoms with Gasteiger partial charge in [-0.2, -0.15) is 0 Å². The third kappa shape index (κ3) is 4.99. The molecule has 34 heavy (non-hydrogen) atoms. The highest BCUT2D eigenvalue weighted by atomic mass is 16.5. The van der Waals surface area contributed by atoms with E-state index in [2.05, 4.69) is 15.6 Å². The third-order valence-electron chi connectivity index (χ3n) is 5.53. The smallest absolute Gasteiger partial charge is 0.257 e. The van der Waals surface area contributed by atoms with Crippen LogP contribution in [0.25, 0.3) is 5.69 Å². The van der Waals surface area contributed by atoms with Crippen LogP contribution < -0.4 is 15.4 Å². The summed E-state index contributed by atoms with van der Waals surface area (Å²) in [6.45, 7) is 4.19. The quantitative estimate of drug-likeness (QED) is 0.425. The van der Waals surface area contributed by atoms with Gasteiger partial charge in [0, 0.05) is 40.6 Å². The van der Waals surface area contributed by atoms with E-state index in [0.29, 0.717) is 23.4 Å². The van der Waals surface area contributed by atoms with Crippen molar-refractivity contribution in [3.05, 3.63) is 107 Å². The van der Waals surface area contributed by atoms with Gasteiger partial charge in [-0.25, -0.2) is 0 Å². The standard InChI is InChI=1S/C27H26N4O3/c1-18-14-25(19(2)31(18)23-11-7-12-24(16-23)34-3)27(33)30-21-10-6-8-20(15-21)26(32)29-17-22-9-4-5-13-28-22/h4-16H,17H2,1-3H3,(H,29,32)(H,30,33). The number of rotatable bonds is 7. The van der Waals surface area contributed by atoms with Crippen LogP contribution in [0.1, 0.15) is 37.8 Å². The van der Waals surface area contributed by atoms with Crippen molar-refractivity contribution in [3.63, 3.8) is 0 Å². The van der Waals surface area contributed by atoms with Crippen LogP contribution in [0, 0.1) is 13.8 Å². The van der Waals surface area contributed by atoms with Crippen LogP contribution in [-0.2, 0) is 6.54 Å². The maximum absolute atomic E-state index is 13.1. The maximum atomic E-state index is 13.1. The van der Waals surface area contributed by atoms with E-state index in [1.165, 1.54) is 0 Å². The zero-order valence-electron chi connectivity index (χ0n) is 19.3. The van der Waals surface area contributed by atoms with E-state index in [1.807, 2.05) is 66.9 Å². The number of benzene rings is 2. The molecule has 2 N–H and O–H groups in total. The molecule has 2 aromatic heterocycles. The summed E-state index contributed by atoms with van der Waals surface area (Å²) >= 11 is 0. The molecule has 0 saturated carbocycles. The number of methoxy groups -OCH3 is 1. The van der Waals surface area contributed by atoms with Gasteiger partial charge in [0.25, 0.3) is 11.8 Å². The maximum Gasteiger partial charge on any atom is 0.257 e. The van der Waals surface area contributed by atoms with Crippen molar-refractivity contribution in [2.75, 3.05) is 12.4 Å². The minimum Gasteiger partial charge on any atom is -0.497 e. The van der Waals surface area contributed by atoms with Gasteiger partial charge in [0.1, 0.15) is 5.75 Å². The summed E-state index contributed by atoms with van der Waals surface area (Å²) in [7, 11) is 1.63. The largest absolute Gasteiger partial charge is 0.497 e. The third-order valence-corrected chi connectivity index (χ3v) is 5.53. The van der Waals surface area contributed by atoms with Gasteiger partial charge >= 0.3 is 0 Å². The summed E-state index contributed by atoms with van der Waals surface area (Å²) in [5, 5.41) is 5.76. The SMILES string of the molecule is COc1cccc(-n2c(C)cc(C(=O)Nc3cccc(C(=O)NCc4ccccn4)c3)c2C)c1. The highest BCUT2D eigenvalue weighted by Gasteiger charge is 2.18. The molecule has 0 aliphatic heterocycles. The first-order valence-electron chi connectivity index (χ1n) is 10.9. The molecule has 7 heteroatoms. The Morgan fingerprint density at radius 1 is 0.941 bits per heavy atom. The van der Waals surface area contributed by atoms with Crippen LogP contribution in [0.2, 0.25) is 0 Å². The highest BCUT2D eigenvalue weighted by Crippen LogP contribution is 2.24. The molecule has 0 saturated heterocycles. The molecule has 2 heterocycles. The number of aryl methyl sites for hydroxylation is 1. The van der Waals surface area contributed by atoms with E-state index in [0.717, 1.165) is 28.5 Å². The van der Waals surface area contributed by atoms with Crippen LogP contribution >= 0.6 is 0 Å². The van der Waals surface area contributed by atoms with Crippen LogP contribution in [0.5, 0.6) is 5.75 Å². The van der Waals surface area contributed by atoms with Crippen LogP contribution in [-0.4, -0.2) is 28.5 Å². The normalized spacial score (nSPS) is 10.6. The van der Waals surface area contributed by atoms with Gasteiger partial charge in [-0.1, -0.05) is 18.2 Å². The monoisotopic (exact) mass is 454 g/mol. The molecule has 172 valence electrons. The predicted molar refractivity (Wildman–Crippen MR) is 132 cm³/mol. The van der Waals surface area contributed by atoms with E-state index in [4.69, 9.17) is 4.74 Å². The number of aromatic nitrogens is 2. The number of carbonyl (C=O) groups is 2. The van der Waals surface area contributed by atoms with Gasteiger partial charge in [0.15, 0.2) is 0 Å². The number of carbonyl (C=O) groups excluding carboxylic acids is 2. The second-order valence-electron chi connectivity index (χ2n) is 7.86. The molecule has 4 aromatic rings. The number of amides is 2. The molecule has 7 nitrogen and oxygen atoms in total. The van der Waals surface area contributed by atoms with E-state index < -0.39 is 0 Å². The fraction of sp³-hybridized carbons (Fsp3) is 0.148. The molecular formula is C27H26N4O3. The Bertz CT molecular complexity index is 1330. The average molecular weight is 455 g/mol. The summed E-state index contributed by atoms with van der Waals surface area (Å²) in [6, 6.07) is 22.0. The Morgan fingerprint density at radius 3 is 2.53 bits per heavy atom. The molecular weight excluding hydrogens is 428 g/mol. The van der Waals surface area contributed by atoms with E-state index in [-0.39, 0.29) is 11.8 Å². The van der Waals surface area contributed by atoms with E-state index in [9.17, 15) is 9.59 Å². The fourth-order valence-electron chi connectivity index (χ4n) is 3.85. The second kappa shape index (κ2) is 10.0. The summed E-state index contributed by atoms with van der Waals surface area (Å²) in [5.74, 6) is 0.264.